The molecule has 0 bridgehead atoms. The molecule has 1 saturated carbocycles. The second kappa shape index (κ2) is 4.21. The number of ketones is 1. The van der Waals surface area contributed by atoms with E-state index in [1.54, 1.807) is 6.07 Å². The minimum atomic E-state index is 0.0268. The lowest BCUT2D eigenvalue weighted by atomic mass is 9.80. The predicted octanol–water partition coefficient (Wildman–Crippen LogP) is 3.78. The summed E-state index contributed by atoms with van der Waals surface area (Å²) in [6, 6.07) is 9.70. The molecule has 0 atom stereocenters. The Morgan fingerprint density at radius 3 is 2.35 bits per heavy atom. The quantitative estimate of drug-likeness (QED) is 0.745. The Hall–Kier alpha value is -1.83. The molecule has 86 valence electrons. The van der Waals surface area contributed by atoms with Crippen LogP contribution in [0.25, 0.3) is 0 Å². The van der Waals surface area contributed by atoms with E-state index < -0.39 is 0 Å². The van der Waals surface area contributed by atoms with Crippen LogP contribution >= 0.6 is 0 Å². The van der Waals surface area contributed by atoms with Gasteiger partial charge in [-0.2, -0.15) is 0 Å². The van der Waals surface area contributed by atoms with Crippen LogP contribution in [-0.2, 0) is 0 Å². The largest absolute Gasteiger partial charge is 0.472 e. The molecule has 1 aliphatic carbocycles. The zero-order valence-corrected chi connectivity index (χ0v) is 9.56. The van der Waals surface area contributed by atoms with E-state index >= 15 is 0 Å². The molecule has 0 unspecified atom stereocenters. The van der Waals surface area contributed by atoms with Crippen molar-refractivity contribution in [1.29, 1.82) is 0 Å². The average Bonchev–Trinajstić information content (AvgIpc) is 2.80. The van der Waals surface area contributed by atoms with Crippen molar-refractivity contribution in [3.63, 3.8) is 0 Å². The molecule has 3 rings (SSSR count). The number of benzene rings is 1. The number of carbonyl (C=O) groups is 1. The van der Waals surface area contributed by atoms with Crippen molar-refractivity contribution >= 4 is 5.78 Å². The normalized spacial score (nSPS) is 15.5. The summed E-state index contributed by atoms with van der Waals surface area (Å²) in [4.78, 5) is 12.0. The highest BCUT2D eigenvalue weighted by atomic mass is 16.3. The lowest BCUT2D eigenvalue weighted by Gasteiger charge is -2.25. The summed E-state index contributed by atoms with van der Waals surface area (Å²) in [5.41, 5.74) is 2.70. The average molecular weight is 226 g/mol. The van der Waals surface area contributed by atoms with Gasteiger partial charge in [0.05, 0.1) is 11.8 Å². The van der Waals surface area contributed by atoms with Crippen LogP contribution in [0.3, 0.4) is 0 Å². The van der Waals surface area contributed by atoms with Gasteiger partial charge in [0.1, 0.15) is 6.26 Å². The number of hydrogen-bond donors (Lipinski definition) is 0. The SMILES string of the molecule is O=C(c1ccc(C2CCC2)cc1)c1ccoc1. The fraction of sp³-hybridized carbons (Fsp3) is 0.267. The highest BCUT2D eigenvalue weighted by Crippen LogP contribution is 2.36. The maximum Gasteiger partial charge on any atom is 0.196 e. The van der Waals surface area contributed by atoms with Crippen LogP contribution in [0, 0.1) is 0 Å². The van der Waals surface area contributed by atoms with Gasteiger partial charge in [-0.25, -0.2) is 0 Å². The molecule has 2 aromatic rings. The second-order valence-electron chi connectivity index (χ2n) is 4.59. The van der Waals surface area contributed by atoms with Gasteiger partial charge in [0, 0.05) is 5.56 Å². The van der Waals surface area contributed by atoms with Gasteiger partial charge in [0.25, 0.3) is 0 Å². The van der Waals surface area contributed by atoms with Gasteiger partial charge in [0.15, 0.2) is 5.78 Å². The maximum absolute atomic E-state index is 12.0. The van der Waals surface area contributed by atoms with Gasteiger partial charge < -0.3 is 4.42 Å². The summed E-state index contributed by atoms with van der Waals surface area (Å²) >= 11 is 0. The maximum atomic E-state index is 12.0. The minimum Gasteiger partial charge on any atom is -0.472 e. The van der Waals surface area contributed by atoms with Gasteiger partial charge in [-0.05, 0) is 30.4 Å². The summed E-state index contributed by atoms with van der Waals surface area (Å²) in [7, 11) is 0. The van der Waals surface area contributed by atoms with Crippen LogP contribution in [0.1, 0.15) is 46.7 Å². The van der Waals surface area contributed by atoms with E-state index in [9.17, 15) is 4.79 Å². The van der Waals surface area contributed by atoms with Crippen molar-refractivity contribution in [3.05, 3.63) is 59.5 Å². The van der Waals surface area contributed by atoms with E-state index in [1.165, 1.54) is 37.4 Å². The monoisotopic (exact) mass is 226 g/mol. The molecular weight excluding hydrogens is 212 g/mol. The molecule has 2 heteroatoms. The Kier molecular flexibility index (Phi) is 2.56. The molecule has 0 aliphatic heterocycles. The molecule has 0 radical (unpaired) electrons. The first kappa shape index (κ1) is 10.3. The number of carbonyl (C=O) groups excluding carboxylic acids is 1. The number of rotatable bonds is 3. The molecule has 1 aromatic heterocycles. The standard InChI is InChI=1S/C15H14O2/c16-15(14-8-9-17-10-14)13-6-4-12(5-7-13)11-2-1-3-11/h4-11H,1-3H2. The van der Waals surface area contributed by atoms with Gasteiger partial charge in [-0.3, -0.25) is 4.79 Å². The molecular formula is C15H14O2. The van der Waals surface area contributed by atoms with E-state index in [-0.39, 0.29) is 5.78 Å². The highest BCUT2D eigenvalue weighted by molar-refractivity contribution is 6.08. The summed E-state index contributed by atoms with van der Waals surface area (Å²) < 4.78 is 4.92. The first-order valence-electron chi connectivity index (χ1n) is 6.01. The number of hydrogen-bond acceptors (Lipinski definition) is 2. The van der Waals surface area contributed by atoms with E-state index in [0.717, 1.165) is 5.56 Å². The topological polar surface area (TPSA) is 30.2 Å². The third kappa shape index (κ3) is 1.91. The van der Waals surface area contributed by atoms with E-state index in [2.05, 4.69) is 12.1 Å². The summed E-state index contributed by atoms with van der Waals surface area (Å²) in [5, 5.41) is 0. The van der Waals surface area contributed by atoms with Crippen LogP contribution in [-0.4, -0.2) is 5.78 Å². The first-order chi connectivity index (χ1) is 8.34. The van der Waals surface area contributed by atoms with Gasteiger partial charge in [-0.15, -0.1) is 0 Å². The molecule has 0 N–H and O–H groups in total. The smallest absolute Gasteiger partial charge is 0.196 e. The molecule has 1 fully saturated rings. The van der Waals surface area contributed by atoms with E-state index in [0.29, 0.717) is 11.5 Å². The fourth-order valence-electron chi connectivity index (χ4n) is 2.21. The lowest BCUT2D eigenvalue weighted by Crippen LogP contribution is -2.09. The van der Waals surface area contributed by atoms with E-state index in [4.69, 9.17) is 4.42 Å². The third-order valence-electron chi connectivity index (χ3n) is 3.53. The second-order valence-corrected chi connectivity index (χ2v) is 4.59. The minimum absolute atomic E-state index is 0.0268. The Morgan fingerprint density at radius 1 is 1.06 bits per heavy atom. The van der Waals surface area contributed by atoms with Crippen molar-refractivity contribution in [1.82, 2.24) is 0 Å². The van der Waals surface area contributed by atoms with Crippen LogP contribution < -0.4 is 0 Å². The van der Waals surface area contributed by atoms with Crippen molar-refractivity contribution in [2.24, 2.45) is 0 Å². The fourth-order valence-corrected chi connectivity index (χ4v) is 2.21. The van der Waals surface area contributed by atoms with Crippen LogP contribution in [0.5, 0.6) is 0 Å². The van der Waals surface area contributed by atoms with Crippen LogP contribution in [0.2, 0.25) is 0 Å². The molecule has 2 nitrogen and oxygen atoms in total. The van der Waals surface area contributed by atoms with Gasteiger partial charge in [0.2, 0.25) is 0 Å². The van der Waals surface area contributed by atoms with Crippen molar-refractivity contribution in [2.45, 2.75) is 25.2 Å². The van der Waals surface area contributed by atoms with Gasteiger partial charge in [-0.1, -0.05) is 30.7 Å². The highest BCUT2D eigenvalue weighted by Gasteiger charge is 2.19. The number of furan rings is 1. The van der Waals surface area contributed by atoms with Crippen molar-refractivity contribution < 1.29 is 9.21 Å². The van der Waals surface area contributed by atoms with E-state index in [1.807, 2.05) is 12.1 Å². The molecule has 1 aliphatic rings. The zero-order chi connectivity index (χ0) is 11.7. The molecule has 0 amide bonds. The predicted molar refractivity (Wildman–Crippen MR) is 65.2 cm³/mol. The molecule has 0 spiro atoms. The lowest BCUT2D eigenvalue weighted by molar-refractivity contribution is 0.103. The Morgan fingerprint density at radius 2 is 1.82 bits per heavy atom. The molecule has 0 saturated heterocycles. The van der Waals surface area contributed by atoms with Gasteiger partial charge >= 0.3 is 0 Å². The first-order valence-corrected chi connectivity index (χ1v) is 6.01. The summed E-state index contributed by atoms with van der Waals surface area (Å²) in [6.45, 7) is 0. The third-order valence-corrected chi connectivity index (χ3v) is 3.53. The Labute approximate surface area is 100 Å². The molecule has 1 aromatic carbocycles. The molecule has 17 heavy (non-hydrogen) atoms. The summed E-state index contributed by atoms with van der Waals surface area (Å²) in [6.07, 6.45) is 6.92. The zero-order valence-electron chi connectivity index (χ0n) is 9.56. The van der Waals surface area contributed by atoms with Crippen LogP contribution in [0.15, 0.2) is 47.3 Å². The summed E-state index contributed by atoms with van der Waals surface area (Å²) in [5.74, 6) is 0.743. The Balaban J connectivity index is 1.82. The molecule has 1 heterocycles. The van der Waals surface area contributed by atoms with Crippen LogP contribution in [0.4, 0.5) is 0 Å². The van der Waals surface area contributed by atoms with Crippen molar-refractivity contribution in [3.8, 4) is 0 Å². The van der Waals surface area contributed by atoms with Crippen molar-refractivity contribution in [2.75, 3.05) is 0 Å². The Bertz CT molecular complexity index is 504.